The van der Waals surface area contributed by atoms with Crippen molar-refractivity contribution in [1.29, 1.82) is 0 Å². The predicted octanol–water partition coefficient (Wildman–Crippen LogP) is 2.57. The molecule has 6 nitrogen and oxygen atoms in total. The first-order valence-electron chi connectivity index (χ1n) is 9.11. The first-order valence-corrected chi connectivity index (χ1v) is 9.11. The molecule has 0 saturated carbocycles. The molecule has 0 spiro atoms. The standard InChI is InChI=1S/C21H24FN5O/c1-23-20(28)15-5-3-4-14(10-15)12-27-21(24-2)25-9-8-16-13-26-19-11-17(22)6-7-18(16)19/h3-7,10-11,13,26H,8-9,12H2,1-2H3,(H,23,28)(H2,24,25,27). The maximum absolute atomic E-state index is 13.3. The molecule has 4 N–H and O–H groups in total. The molecule has 28 heavy (non-hydrogen) atoms. The van der Waals surface area contributed by atoms with Crippen molar-refractivity contribution in [1.82, 2.24) is 20.9 Å². The Bertz CT molecular complexity index is 995. The van der Waals surface area contributed by atoms with E-state index in [0.717, 1.165) is 28.5 Å². The van der Waals surface area contributed by atoms with Crippen LogP contribution < -0.4 is 16.0 Å². The number of nitrogens with one attached hydrogen (secondary N) is 4. The fourth-order valence-corrected chi connectivity index (χ4v) is 3.05. The Morgan fingerprint density at radius 3 is 2.82 bits per heavy atom. The van der Waals surface area contributed by atoms with Gasteiger partial charge in [0.2, 0.25) is 0 Å². The van der Waals surface area contributed by atoms with Gasteiger partial charge in [-0.1, -0.05) is 12.1 Å². The Balaban J connectivity index is 1.53. The van der Waals surface area contributed by atoms with Crippen LogP contribution in [0.2, 0.25) is 0 Å². The third kappa shape index (κ3) is 4.68. The van der Waals surface area contributed by atoms with Crippen molar-refractivity contribution < 1.29 is 9.18 Å². The lowest BCUT2D eigenvalue weighted by molar-refractivity contribution is 0.0963. The Hall–Kier alpha value is -3.35. The molecular formula is C21H24FN5O. The average molecular weight is 381 g/mol. The minimum Gasteiger partial charge on any atom is -0.361 e. The lowest BCUT2D eigenvalue weighted by Gasteiger charge is -2.12. The summed E-state index contributed by atoms with van der Waals surface area (Å²) in [6.45, 7) is 1.24. The molecule has 0 aliphatic heterocycles. The Kier molecular flexibility index (Phi) is 6.26. The normalized spacial score (nSPS) is 11.5. The van der Waals surface area contributed by atoms with Crippen molar-refractivity contribution in [3.8, 4) is 0 Å². The zero-order valence-corrected chi connectivity index (χ0v) is 16.0. The molecule has 0 aliphatic rings. The lowest BCUT2D eigenvalue weighted by atomic mass is 10.1. The van der Waals surface area contributed by atoms with Gasteiger partial charge in [0.05, 0.1) is 0 Å². The topological polar surface area (TPSA) is 81.3 Å². The summed E-state index contributed by atoms with van der Waals surface area (Å²) in [5, 5.41) is 10.2. The van der Waals surface area contributed by atoms with Crippen LogP contribution in [0.5, 0.6) is 0 Å². The minimum atomic E-state index is -0.246. The molecule has 0 unspecified atom stereocenters. The third-order valence-corrected chi connectivity index (χ3v) is 4.52. The quantitative estimate of drug-likeness (QED) is 0.391. The van der Waals surface area contributed by atoms with E-state index in [2.05, 4.69) is 25.9 Å². The highest BCUT2D eigenvalue weighted by atomic mass is 19.1. The zero-order valence-electron chi connectivity index (χ0n) is 16.0. The maximum atomic E-state index is 13.3. The second-order valence-electron chi connectivity index (χ2n) is 6.39. The summed E-state index contributed by atoms with van der Waals surface area (Å²) in [5.41, 5.74) is 3.54. The molecule has 0 bridgehead atoms. The van der Waals surface area contributed by atoms with Gasteiger partial charge in [-0.25, -0.2) is 4.39 Å². The lowest BCUT2D eigenvalue weighted by Crippen LogP contribution is -2.37. The Morgan fingerprint density at radius 2 is 2.04 bits per heavy atom. The van der Waals surface area contributed by atoms with Crippen molar-refractivity contribution in [2.24, 2.45) is 4.99 Å². The highest BCUT2D eigenvalue weighted by molar-refractivity contribution is 5.94. The van der Waals surface area contributed by atoms with E-state index in [0.29, 0.717) is 24.6 Å². The van der Waals surface area contributed by atoms with Crippen LogP contribution >= 0.6 is 0 Å². The number of aromatic amines is 1. The van der Waals surface area contributed by atoms with Crippen molar-refractivity contribution in [3.05, 3.63) is 71.2 Å². The fraction of sp³-hybridized carbons (Fsp3) is 0.238. The second-order valence-corrected chi connectivity index (χ2v) is 6.39. The number of amides is 1. The van der Waals surface area contributed by atoms with E-state index in [9.17, 15) is 9.18 Å². The molecule has 0 saturated heterocycles. The molecule has 1 heterocycles. The summed E-state index contributed by atoms with van der Waals surface area (Å²) in [5.74, 6) is 0.323. The summed E-state index contributed by atoms with van der Waals surface area (Å²) in [6.07, 6.45) is 2.69. The summed E-state index contributed by atoms with van der Waals surface area (Å²) in [6, 6.07) is 12.2. The van der Waals surface area contributed by atoms with Crippen molar-refractivity contribution in [2.75, 3.05) is 20.6 Å². The van der Waals surface area contributed by atoms with Crippen LogP contribution in [0.1, 0.15) is 21.5 Å². The average Bonchev–Trinajstić information content (AvgIpc) is 3.12. The number of halogens is 1. The molecule has 7 heteroatoms. The molecule has 0 atom stereocenters. The number of fused-ring (bicyclic) bond motifs is 1. The van der Waals surface area contributed by atoms with Crippen LogP contribution in [-0.4, -0.2) is 37.5 Å². The number of H-pyrrole nitrogens is 1. The van der Waals surface area contributed by atoms with Crippen LogP contribution in [0.3, 0.4) is 0 Å². The molecule has 1 amide bonds. The van der Waals surface area contributed by atoms with Gasteiger partial charge in [0.25, 0.3) is 5.91 Å². The van der Waals surface area contributed by atoms with Crippen LogP contribution in [0.25, 0.3) is 10.9 Å². The van der Waals surface area contributed by atoms with E-state index in [1.165, 1.54) is 12.1 Å². The molecule has 1 aromatic heterocycles. The molecule has 146 valence electrons. The number of hydrogen-bond donors (Lipinski definition) is 4. The number of hydrogen-bond acceptors (Lipinski definition) is 2. The largest absolute Gasteiger partial charge is 0.361 e. The van der Waals surface area contributed by atoms with Gasteiger partial charge in [0, 0.05) is 49.8 Å². The van der Waals surface area contributed by atoms with Gasteiger partial charge in [-0.05, 0) is 47.9 Å². The summed E-state index contributed by atoms with van der Waals surface area (Å²) in [4.78, 5) is 19.1. The van der Waals surface area contributed by atoms with Crippen LogP contribution in [0, 0.1) is 5.82 Å². The highest BCUT2D eigenvalue weighted by Crippen LogP contribution is 2.19. The van der Waals surface area contributed by atoms with Crippen LogP contribution in [0.4, 0.5) is 4.39 Å². The molecule has 3 rings (SSSR count). The summed E-state index contributed by atoms with van der Waals surface area (Å²) in [7, 11) is 3.33. The smallest absolute Gasteiger partial charge is 0.251 e. The molecule has 0 radical (unpaired) electrons. The van der Waals surface area contributed by atoms with E-state index < -0.39 is 0 Å². The number of nitrogens with zero attached hydrogens (tertiary/aromatic N) is 1. The predicted molar refractivity (Wildman–Crippen MR) is 110 cm³/mol. The summed E-state index contributed by atoms with van der Waals surface area (Å²) < 4.78 is 13.3. The number of benzene rings is 2. The van der Waals surface area contributed by atoms with Gasteiger partial charge >= 0.3 is 0 Å². The number of rotatable bonds is 6. The van der Waals surface area contributed by atoms with E-state index in [-0.39, 0.29) is 11.7 Å². The van der Waals surface area contributed by atoms with Gasteiger partial charge in [0.1, 0.15) is 5.82 Å². The number of aliphatic imine (C=N–C) groups is 1. The first-order chi connectivity index (χ1) is 13.6. The SMILES string of the molecule is CN=C(NCCc1c[nH]c2cc(F)ccc12)NCc1cccc(C(=O)NC)c1. The van der Waals surface area contributed by atoms with Gasteiger partial charge < -0.3 is 20.9 Å². The number of carbonyl (C=O) groups is 1. The first kappa shape index (κ1) is 19.4. The maximum Gasteiger partial charge on any atom is 0.251 e. The van der Waals surface area contributed by atoms with E-state index in [1.807, 2.05) is 24.4 Å². The molecule has 2 aromatic carbocycles. The van der Waals surface area contributed by atoms with Crippen molar-refractivity contribution >= 4 is 22.8 Å². The molecule has 3 aromatic rings. The number of carbonyl (C=O) groups excluding carboxylic acids is 1. The number of aromatic nitrogens is 1. The molecule has 0 fully saturated rings. The molecule has 0 aliphatic carbocycles. The summed E-state index contributed by atoms with van der Waals surface area (Å²) >= 11 is 0. The second kappa shape index (κ2) is 9.03. The minimum absolute atomic E-state index is 0.108. The zero-order chi connectivity index (χ0) is 19.9. The van der Waals surface area contributed by atoms with Crippen molar-refractivity contribution in [2.45, 2.75) is 13.0 Å². The Labute approximate surface area is 163 Å². The van der Waals surface area contributed by atoms with Gasteiger partial charge in [0.15, 0.2) is 5.96 Å². The van der Waals surface area contributed by atoms with Gasteiger partial charge in [-0.2, -0.15) is 0 Å². The fourth-order valence-electron chi connectivity index (χ4n) is 3.05. The van der Waals surface area contributed by atoms with E-state index in [1.54, 1.807) is 26.2 Å². The number of guanidine groups is 1. The molecular weight excluding hydrogens is 357 g/mol. The van der Waals surface area contributed by atoms with Gasteiger partial charge in [-0.3, -0.25) is 9.79 Å². The van der Waals surface area contributed by atoms with E-state index in [4.69, 9.17) is 0 Å². The Morgan fingerprint density at radius 1 is 1.18 bits per heavy atom. The highest BCUT2D eigenvalue weighted by Gasteiger charge is 2.06. The van der Waals surface area contributed by atoms with Crippen LogP contribution in [-0.2, 0) is 13.0 Å². The van der Waals surface area contributed by atoms with E-state index >= 15 is 0 Å². The monoisotopic (exact) mass is 381 g/mol. The third-order valence-electron chi connectivity index (χ3n) is 4.52. The van der Waals surface area contributed by atoms with Gasteiger partial charge in [-0.15, -0.1) is 0 Å². The van der Waals surface area contributed by atoms with Crippen molar-refractivity contribution in [3.63, 3.8) is 0 Å². The van der Waals surface area contributed by atoms with Crippen LogP contribution in [0.15, 0.2) is 53.7 Å².